The Morgan fingerprint density at radius 1 is 1.08 bits per heavy atom. The molecule has 1 aromatic heterocycles. The van der Waals surface area contributed by atoms with Crippen LogP contribution in [0.3, 0.4) is 0 Å². The Hall–Kier alpha value is -2.54. The van der Waals surface area contributed by atoms with Gasteiger partial charge in [-0.25, -0.2) is 4.98 Å². The number of ether oxygens (including phenoxy) is 1. The number of halogens is 3. The SMILES string of the molecule is FC(F)(F)c1ccc2nc(CNCCOc3ccccc3)[nH]c2c1. The Bertz CT molecular complexity index is 800. The van der Waals surface area contributed by atoms with Gasteiger partial charge in [-0.2, -0.15) is 13.2 Å². The summed E-state index contributed by atoms with van der Waals surface area (Å²) in [6.45, 7) is 1.51. The molecule has 3 rings (SSSR count). The van der Waals surface area contributed by atoms with E-state index < -0.39 is 11.7 Å². The van der Waals surface area contributed by atoms with Crippen molar-refractivity contribution < 1.29 is 17.9 Å². The molecule has 0 saturated heterocycles. The zero-order valence-electron chi connectivity index (χ0n) is 12.7. The fourth-order valence-electron chi connectivity index (χ4n) is 2.29. The summed E-state index contributed by atoms with van der Waals surface area (Å²) < 4.78 is 43.6. The number of imidazole rings is 1. The molecule has 0 bridgehead atoms. The van der Waals surface area contributed by atoms with Crippen LogP contribution in [-0.4, -0.2) is 23.1 Å². The number of nitrogens with one attached hydrogen (secondary N) is 2. The van der Waals surface area contributed by atoms with E-state index in [0.717, 1.165) is 17.9 Å². The van der Waals surface area contributed by atoms with Crippen molar-refractivity contribution in [2.24, 2.45) is 0 Å². The topological polar surface area (TPSA) is 49.9 Å². The van der Waals surface area contributed by atoms with Crippen LogP contribution in [0.25, 0.3) is 11.0 Å². The fourth-order valence-corrected chi connectivity index (χ4v) is 2.29. The van der Waals surface area contributed by atoms with E-state index in [2.05, 4.69) is 15.3 Å². The maximum Gasteiger partial charge on any atom is 0.416 e. The van der Waals surface area contributed by atoms with Gasteiger partial charge in [-0.3, -0.25) is 0 Å². The van der Waals surface area contributed by atoms with E-state index in [9.17, 15) is 13.2 Å². The van der Waals surface area contributed by atoms with Gasteiger partial charge in [0.1, 0.15) is 18.2 Å². The highest BCUT2D eigenvalue weighted by Crippen LogP contribution is 2.30. The molecule has 7 heteroatoms. The number of para-hydroxylation sites is 1. The molecule has 0 aliphatic heterocycles. The number of fused-ring (bicyclic) bond motifs is 1. The average molecular weight is 335 g/mol. The second kappa shape index (κ2) is 6.92. The maximum atomic E-state index is 12.7. The van der Waals surface area contributed by atoms with Crippen molar-refractivity contribution in [3.05, 3.63) is 59.9 Å². The van der Waals surface area contributed by atoms with Gasteiger partial charge in [-0.1, -0.05) is 18.2 Å². The predicted octanol–water partition coefficient (Wildman–Crippen LogP) is 3.75. The molecule has 126 valence electrons. The maximum absolute atomic E-state index is 12.7. The van der Waals surface area contributed by atoms with Crippen LogP contribution in [-0.2, 0) is 12.7 Å². The monoisotopic (exact) mass is 335 g/mol. The van der Waals surface area contributed by atoms with Crippen LogP contribution in [0.5, 0.6) is 5.75 Å². The number of alkyl halides is 3. The van der Waals surface area contributed by atoms with Crippen LogP contribution >= 0.6 is 0 Å². The first kappa shape index (κ1) is 16.3. The first-order valence-electron chi connectivity index (χ1n) is 7.47. The molecule has 0 aliphatic carbocycles. The second-order valence-corrected chi connectivity index (χ2v) is 5.25. The standard InChI is InChI=1S/C17H16F3N3O/c18-17(19,20)12-6-7-14-15(10-12)23-16(22-14)11-21-8-9-24-13-4-2-1-3-5-13/h1-7,10,21H,8-9,11H2,(H,22,23). The molecular weight excluding hydrogens is 319 g/mol. The molecular formula is C17H16F3N3O. The lowest BCUT2D eigenvalue weighted by Crippen LogP contribution is -2.21. The van der Waals surface area contributed by atoms with Crippen molar-refractivity contribution in [1.29, 1.82) is 0 Å². The molecule has 0 fully saturated rings. The fraction of sp³-hybridized carbons (Fsp3) is 0.235. The van der Waals surface area contributed by atoms with Crippen molar-refractivity contribution in [2.45, 2.75) is 12.7 Å². The number of nitrogens with zero attached hydrogens (tertiary/aromatic N) is 1. The highest BCUT2D eigenvalue weighted by atomic mass is 19.4. The summed E-state index contributed by atoms with van der Waals surface area (Å²) in [5.41, 5.74) is 0.205. The lowest BCUT2D eigenvalue weighted by atomic mass is 10.2. The molecule has 0 radical (unpaired) electrons. The molecule has 3 aromatic rings. The summed E-state index contributed by atoms with van der Waals surface area (Å²) in [7, 11) is 0. The minimum Gasteiger partial charge on any atom is -0.492 e. The third-order valence-electron chi connectivity index (χ3n) is 3.44. The zero-order chi connectivity index (χ0) is 17.0. The Morgan fingerprint density at radius 2 is 1.88 bits per heavy atom. The van der Waals surface area contributed by atoms with Gasteiger partial charge >= 0.3 is 6.18 Å². The Balaban J connectivity index is 1.52. The number of benzene rings is 2. The summed E-state index contributed by atoms with van der Waals surface area (Å²) >= 11 is 0. The van der Waals surface area contributed by atoms with Gasteiger partial charge < -0.3 is 15.0 Å². The number of aromatic amines is 1. The molecule has 1 heterocycles. The van der Waals surface area contributed by atoms with Gasteiger partial charge in [0.15, 0.2) is 0 Å². The van der Waals surface area contributed by atoms with E-state index in [4.69, 9.17) is 4.74 Å². The normalized spacial score (nSPS) is 11.8. The Labute approximate surface area is 136 Å². The number of H-pyrrole nitrogens is 1. The summed E-state index contributed by atoms with van der Waals surface area (Å²) in [6, 6.07) is 12.9. The van der Waals surface area contributed by atoms with E-state index in [1.165, 1.54) is 6.07 Å². The van der Waals surface area contributed by atoms with Gasteiger partial charge in [0.25, 0.3) is 0 Å². The Morgan fingerprint density at radius 3 is 2.62 bits per heavy atom. The van der Waals surface area contributed by atoms with Gasteiger partial charge in [-0.05, 0) is 30.3 Å². The van der Waals surface area contributed by atoms with E-state index in [1.54, 1.807) is 0 Å². The molecule has 24 heavy (non-hydrogen) atoms. The minimum atomic E-state index is -4.35. The van der Waals surface area contributed by atoms with Crippen LogP contribution in [0.2, 0.25) is 0 Å². The summed E-state index contributed by atoms with van der Waals surface area (Å²) in [5, 5.41) is 3.14. The lowest BCUT2D eigenvalue weighted by molar-refractivity contribution is -0.137. The minimum absolute atomic E-state index is 0.377. The highest BCUT2D eigenvalue weighted by Gasteiger charge is 2.30. The average Bonchev–Trinajstić information content (AvgIpc) is 2.96. The smallest absolute Gasteiger partial charge is 0.416 e. The largest absolute Gasteiger partial charge is 0.492 e. The molecule has 0 amide bonds. The number of aromatic nitrogens is 2. The predicted molar refractivity (Wildman–Crippen MR) is 84.7 cm³/mol. The van der Waals surface area contributed by atoms with E-state index in [-0.39, 0.29) is 0 Å². The van der Waals surface area contributed by atoms with Gasteiger partial charge in [-0.15, -0.1) is 0 Å². The van der Waals surface area contributed by atoms with Crippen LogP contribution < -0.4 is 10.1 Å². The van der Waals surface area contributed by atoms with Crippen LogP contribution in [0.4, 0.5) is 13.2 Å². The molecule has 2 N–H and O–H groups in total. The summed E-state index contributed by atoms with van der Waals surface area (Å²) in [5.74, 6) is 1.38. The first-order chi connectivity index (χ1) is 11.5. The van der Waals surface area contributed by atoms with E-state index >= 15 is 0 Å². The second-order valence-electron chi connectivity index (χ2n) is 5.25. The number of hydrogen-bond donors (Lipinski definition) is 2. The summed E-state index contributed by atoms with van der Waals surface area (Å²) in [6.07, 6.45) is -4.35. The zero-order valence-corrected chi connectivity index (χ0v) is 12.7. The molecule has 0 aliphatic rings. The highest BCUT2D eigenvalue weighted by molar-refractivity contribution is 5.76. The molecule has 2 aromatic carbocycles. The summed E-state index contributed by atoms with van der Waals surface area (Å²) in [4.78, 5) is 7.17. The quantitative estimate of drug-likeness (QED) is 0.675. The van der Waals surface area contributed by atoms with Crippen molar-refractivity contribution >= 4 is 11.0 Å². The van der Waals surface area contributed by atoms with Crippen LogP contribution in [0.1, 0.15) is 11.4 Å². The third-order valence-corrected chi connectivity index (χ3v) is 3.44. The van der Waals surface area contributed by atoms with Gasteiger partial charge in [0.2, 0.25) is 0 Å². The van der Waals surface area contributed by atoms with Crippen molar-refractivity contribution in [1.82, 2.24) is 15.3 Å². The van der Waals surface area contributed by atoms with E-state index in [1.807, 2.05) is 30.3 Å². The number of hydrogen-bond acceptors (Lipinski definition) is 3. The van der Waals surface area contributed by atoms with E-state index in [0.29, 0.717) is 36.6 Å². The lowest BCUT2D eigenvalue weighted by Gasteiger charge is -2.06. The number of rotatable bonds is 6. The Kier molecular flexibility index (Phi) is 4.71. The van der Waals surface area contributed by atoms with Gasteiger partial charge in [0.05, 0.1) is 23.1 Å². The molecule has 0 saturated carbocycles. The molecule has 4 nitrogen and oxygen atoms in total. The third kappa shape index (κ3) is 4.05. The van der Waals surface area contributed by atoms with Crippen LogP contribution in [0.15, 0.2) is 48.5 Å². The van der Waals surface area contributed by atoms with Crippen molar-refractivity contribution in [2.75, 3.05) is 13.2 Å². The first-order valence-corrected chi connectivity index (χ1v) is 7.47. The molecule has 0 unspecified atom stereocenters. The molecule has 0 atom stereocenters. The molecule has 0 spiro atoms. The van der Waals surface area contributed by atoms with Crippen LogP contribution in [0, 0.1) is 0 Å². The van der Waals surface area contributed by atoms with Crippen molar-refractivity contribution in [3.63, 3.8) is 0 Å². The van der Waals surface area contributed by atoms with Crippen molar-refractivity contribution in [3.8, 4) is 5.75 Å². The van der Waals surface area contributed by atoms with Gasteiger partial charge in [0, 0.05) is 6.54 Å².